The van der Waals surface area contributed by atoms with Crippen molar-refractivity contribution >= 4 is 52.5 Å². The van der Waals surface area contributed by atoms with Gasteiger partial charge in [0.05, 0.1) is 24.8 Å². The van der Waals surface area contributed by atoms with Crippen LogP contribution in [0.3, 0.4) is 0 Å². The molecule has 0 bridgehead atoms. The Kier molecular flexibility index (Phi) is 7.20. The Balaban J connectivity index is 1.71. The van der Waals surface area contributed by atoms with Gasteiger partial charge in [-0.15, -0.1) is 0 Å². The molecule has 1 amide bonds. The van der Waals surface area contributed by atoms with E-state index in [1.165, 1.54) is 19.2 Å². The number of anilines is 1. The first-order valence-corrected chi connectivity index (χ1v) is 10.2. The number of carbonyl (C=O) groups is 2. The molecule has 0 spiro atoms. The molecule has 0 atom stereocenters. The van der Waals surface area contributed by atoms with Gasteiger partial charge in [0.2, 0.25) is 5.91 Å². The number of amides is 1. The third-order valence-corrected chi connectivity index (χ3v) is 5.46. The second-order valence-electron chi connectivity index (χ2n) is 6.11. The molecule has 0 unspecified atom stereocenters. The lowest BCUT2D eigenvalue weighted by Gasteiger charge is -2.11. The Morgan fingerprint density at radius 3 is 2.38 bits per heavy atom. The third-order valence-electron chi connectivity index (χ3n) is 3.97. The predicted octanol–water partition coefficient (Wildman–Crippen LogP) is 6.11. The molecule has 0 saturated carbocycles. The van der Waals surface area contributed by atoms with Crippen LogP contribution in [0.4, 0.5) is 5.69 Å². The molecule has 29 heavy (non-hydrogen) atoms. The fourth-order valence-electron chi connectivity index (χ4n) is 2.65. The van der Waals surface area contributed by atoms with Crippen molar-refractivity contribution in [1.29, 1.82) is 0 Å². The highest BCUT2D eigenvalue weighted by Gasteiger charge is 2.15. The minimum absolute atomic E-state index is 0.155. The van der Waals surface area contributed by atoms with E-state index in [9.17, 15) is 9.59 Å². The zero-order valence-corrected chi connectivity index (χ0v) is 17.8. The van der Waals surface area contributed by atoms with E-state index in [2.05, 4.69) is 5.32 Å². The zero-order chi connectivity index (χ0) is 20.8. The van der Waals surface area contributed by atoms with Crippen molar-refractivity contribution in [3.8, 4) is 0 Å². The Hall–Kier alpha value is -2.47. The molecule has 0 radical (unpaired) electrons. The maximum Gasteiger partial charge on any atom is 0.339 e. The SMILES string of the molecule is COC(=O)c1ccc(Cl)cc1NC(=O)Cc1cccc(Sc2ccc(Cl)cc2)c1. The summed E-state index contributed by atoms with van der Waals surface area (Å²) < 4.78 is 4.75. The molecule has 0 heterocycles. The Bertz CT molecular complexity index is 1040. The number of rotatable bonds is 6. The van der Waals surface area contributed by atoms with E-state index in [1.54, 1.807) is 17.8 Å². The molecule has 3 aromatic rings. The molecule has 0 aliphatic heterocycles. The van der Waals surface area contributed by atoms with Gasteiger partial charge in [-0.3, -0.25) is 4.79 Å². The van der Waals surface area contributed by atoms with E-state index in [4.69, 9.17) is 27.9 Å². The number of ether oxygens (including phenoxy) is 1. The quantitative estimate of drug-likeness (QED) is 0.464. The van der Waals surface area contributed by atoms with Crippen molar-refractivity contribution in [2.75, 3.05) is 12.4 Å². The normalized spacial score (nSPS) is 10.4. The van der Waals surface area contributed by atoms with Crippen LogP contribution in [-0.4, -0.2) is 19.0 Å². The van der Waals surface area contributed by atoms with Crippen LogP contribution in [0.5, 0.6) is 0 Å². The van der Waals surface area contributed by atoms with E-state index in [1.807, 2.05) is 48.5 Å². The minimum atomic E-state index is -0.543. The van der Waals surface area contributed by atoms with E-state index in [0.29, 0.717) is 15.7 Å². The van der Waals surface area contributed by atoms with Crippen LogP contribution in [-0.2, 0) is 16.0 Å². The molecule has 0 aliphatic rings. The zero-order valence-electron chi connectivity index (χ0n) is 15.4. The van der Waals surface area contributed by atoms with Crippen molar-refractivity contribution in [2.45, 2.75) is 16.2 Å². The first-order chi connectivity index (χ1) is 13.9. The molecule has 0 aromatic heterocycles. The summed E-state index contributed by atoms with van der Waals surface area (Å²) in [5, 5.41) is 3.84. The summed E-state index contributed by atoms with van der Waals surface area (Å²) in [5.41, 5.74) is 1.42. The van der Waals surface area contributed by atoms with Crippen molar-refractivity contribution < 1.29 is 14.3 Å². The number of hydrogen-bond acceptors (Lipinski definition) is 4. The molecule has 148 valence electrons. The lowest BCUT2D eigenvalue weighted by Crippen LogP contribution is -2.17. The van der Waals surface area contributed by atoms with E-state index < -0.39 is 5.97 Å². The average Bonchev–Trinajstić information content (AvgIpc) is 2.69. The first-order valence-electron chi connectivity index (χ1n) is 8.64. The average molecular weight is 446 g/mol. The topological polar surface area (TPSA) is 55.4 Å². The van der Waals surface area contributed by atoms with Gasteiger partial charge in [-0.1, -0.05) is 47.1 Å². The standard InChI is InChI=1S/C22H17Cl2NO3S/c1-28-22(27)19-10-7-16(24)13-20(19)25-21(26)12-14-3-2-4-18(11-14)29-17-8-5-15(23)6-9-17/h2-11,13H,12H2,1H3,(H,25,26). The van der Waals surface area contributed by atoms with Gasteiger partial charge in [-0.05, 0) is 60.2 Å². The Labute approximate surface area is 183 Å². The summed E-state index contributed by atoms with van der Waals surface area (Å²) in [7, 11) is 1.28. The van der Waals surface area contributed by atoms with Crippen LogP contribution in [0.25, 0.3) is 0 Å². The second-order valence-corrected chi connectivity index (χ2v) is 8.13. The number of esters is 1. The molecule has 0 aliphatic carbocycles. The van der Waals surface area contributed by atoms with E-state index in [0.717, 1.165) is 15.4 Å². The van der Waals surface area contributed by atoms with Crippen molar-refractivity contribution in [2.24, 2.45) is 0 Å². The second kappa shape index (κ2) is 9.83. The maximum absolute atomic E-state index is 12.5. The fraction of sp³-hybridized carbons (Fsp3) is 0.0909. The number of methoxy groups -OCH3 is 1. The molecule has 0 saturated heterocycles. The molecule has 4 nitrogen and oxygen atoms in total. The van der Waals surface area contributed by atoms with Gasteiger partial charge in [0.15, 0.2) is 0 Å². The van der Waals surface area contributed by atoms with Crippen LogP contribution in [0.15, 0.2) is 76.5 Å². The Morgan fingerprint density at radius 1 is 0.931 bits per heavy atom. The van der Waals surface area contributed by atoms with Gasteiger partial charge in [0, 0.05) is 19.8 Å². The highest BCUT2D eigenvalue weighted by Crippen LogP contribution is 2.29. The molecule has 3 rings (SSSR count). The van der Waals surface area contributed by atoms with Gasteiger partial charge in [-0.25, -0.2) is 4.79 Å². The molecule has 0 fully saturated rings. The smallest absolute Gasteiger partial charge is 0.339 e. The monoisotopic (exact) mass is 445 g/mol. The lowest BCUT2D eigenvalue weighted by atomic mass is 10.1. The number of hydrogen-bond donors (Lipinski definition) is 1. The molecule has 1 N–H and O–H groups in total. The highest BCUT2D eigenvalue weighted by atomic mass is 35.5. The number of nitrogens with one attached hydrogen (secondary N) is 1. The van der Waals surface area contributed by atoms with Crippen LogP contribution < -0.4 is 5.32 Å². The van der Waals surface area contributed by atoms with Gasteiger partial charge in [0.25, 0.3) is 0 Å². The summed E-state index contributed by atoms with van der Waals surface area (Å²) in [6, 6.07) is 19.9. The predicted molar refractivity (Wildman–Crippen MR) is 117 cm³/mol. The largest absolute Gasteiger partial charge is 0.465 e. The van der Waals surface area contributed by atoms with Gasteiger partial charge >= 0.3 is 5.97 Å². The number of halogens is 2. The summed E-state index contributed by atoms with van der Waals surface area (Å²) in [5.74, 6) is -0.801. The number of carbonyl (C=O) groups excluding carboxylic acids is 2. The summed E-state index contributed by atoms with van der Waals surface area (Å²) >= 11 is 13.5. The number of benzene rings is 3. The molecule has 7 heteroatoms. The summed E-state index contributed by atoms with van der Waals surface area (Å²) in [4.78, 5) is 26.5. The van der Waals surface area contributed by atoms with Crippen LogP contribution in [0, 0.1) is 0 Å². The van der Waals surface area contributed by atoms with E-state index in [-0.39, 0.29) is 17.9 Å². The maximum atomic E-state index is 12.5. The van der Waals surface area contributed by atoms with Crippen molar-refractivity contribution in [3.63, 3.8) is 0 Å². The summed E-state index contributed by atoms with van der Waals surface area (Å²) in [6.45, 7) is 0. The van der Waals surface area contributed by atoms with Crippen LogP contribution in [0.1, 0.15) is 15.9 Å². The molecular formula is C22H17Cl2NO3S. The Morgan fingerprint density at radius 2 is 1.66 bits per heavy atom. The van der Waals surface area contributed by atoms with E-state index >= 15 is 0 Å². The first kappa shape index (κ1) is 21.2. The van der Waals surface area contributed by atoms with Gasteiger partial charge in [-0.2, -0.15) is 0 Å². The van der Waals surface area contributed by atoms with Crippen LogP contribution in [0.2, 0.25) is 10.0 Å². The van der Waals surface area contributed by atoms with Gasteiger partial charge in [0.1, 0.15) is 0 Å². The molecular weight excluding hydrogens is 429 g/mol. The fourth-order valence-corrected chi connectivity index (χ4v) is 3.84. The third kappa shape index (κ3) is 6.00. The summed E-state index contributed by atoms with van der Waals surface area (Å²) in [6.07, 6.45) is 0.155. The van der Waals surface area contributed by atoms with Gasteiger partial charge < -0.3 is 10.1 Å². The van der Waals surface area contributed by atoms with Crippen LogP contribution >= 0.6 is 35.0 Å². The van der Waals surface area contributed by atoms with Crippen molar-refractivity contribution in [3.05, 3.63) is 87.9 Å². The minimum Gasteiger partial charge on any atom is -0.465 e. The highest BCUT2D eigenvalue weighted by molar-refractivity contribution is 7.99. The molecule has 3 aromatic carbocycles. The van der Waals surface area contributed by atoms with Crippen molar-refractivity contribution in [1.82, 2.24) is 0 Å². The lowest BCUT2D eigenvalue weighted by molar-refractivity contribution is -0.115.